The summed E-state index contributed by atoms with van der Waals surface area (Å²) < 4.78 is 5.98. The number of H-pyrrole nitrogens is 1. The molecule has 10 heteroatoms. The van der Waals surface area contributed by atoms with Crippen molar-refractivity contribution in [2.75, 3.05) is 19.8 Å². The number of β-amino-alcohol motifs (C(OH)–C–C–N with tert-alkyl or cyclic N) is 1. The van der Waals surface area contributed by atoms with Gasteiger partial charge in [0.05, 0.1) is 39.1 Å². The molecular formula is C43H50N4O5S. The van der Waals surface area contributed by atoms with Gasteiger partial charge in [0.1, 0.15) is 5.82 Å². The number of nitrogens with one attached hydrogen (secondary N) is 1. The second-order valence-corrected chi connectivity index (χ2v) is 16.1. The number of ketones is 1. The molecule has 2 N–H and O–H groups in total. The van der Waals surface area contributed by atoms with E-state index in [4.69, 9.17) is 4.74 Å². The molecule has 3 aromatic carbocycles. The number of para-hydroxylation sites is 1. The highest BCUT2D eigenvalue weighted by atomic mass is 32.1. The van der Waals surface area contributed by atoms with Crippen molar-refractivity contribution in [3.8, 4) is 21.8 Å². The molecule has 1 fully saturated rings. The van der Waals surface area contributed by atoms with Gasteiger partial charge in [-0.05, 0) is 73.3 Å². The molecular weight excluding hydrogens is 685 g/mol. The predicted molar refractivity (Wildman–Crippen MR) is 211 cm³/mol. The highest BCUT2D eigenvalue weighted by molar-refractivity contribution is 7.13. The van der Waals surface area contributed by atoms with Crippen molar-refractivity contribution in [2.45, 2.75) is 84.8 Å². The van der Waals surface area contributed by atoms with Crippen LogP contribution in [0.1, 0.15) is 69.7 Å². The summed E-state index contributed by atoms with van der Waals surface area (Å²) in [5, 5.41) is 11.2. The van der Waals surface area contributed by atoms with E-state index in [1.165, 1.54) is 5.56 Å². The second-order valence-electron chi connectivity index (χ2n) is 15.2. The van der Waals surface area contributed by atoms with E-state index < -0.39 is 12.1 Å². The minimum atomic E-state index is -0.700. The van der Waals surface area contributed by atoms with E-state index in [2.05, 4.69) is 72.1 Å². The lowest BCUT2D eigenvalue weighted by Gasteiger charge is -2.35. The number of thiazole rings is 1. The lowest BCUT2D eigenvalue weighted by Crippen LogP contribution is -2.47. The number of rotatable bonds is 15. The second kappa shape index (κ2) is 17.1. The van der Waals surface area contributed by atoms with E-state index >= 15 is 0 Å². The number of hydrogen-bond acceptors (Lipinski definition) is 8. The fourth-order valence-electron chi connectivity index (χ4n) is 7.25. The lowest BCUT2D eigenvalue weighted by molar-refractivity contribution is -0.144. The van der Waals surface area contributed by atoms with E-state index in [0.29, 0.717) is 49.2 Å². The zero-order valence-electron chi connectivity index (χ0n) is 31.1. The molecule has 3 atom stereocenters. The minimum absolute atomic E-state index is 0.00296. The van der Waals surface area contributed by atoms with Crippen LogP contribution in [-0.2, 0) is 27.2 Å². The summed E-state index contributed by atoms with van der Waals surface area (Å²) >= 11 is 1.62. The van der Waals surface area contributed by atoms with Gasteiger partial charge in [0.25, 0.3) is 5.56 Å². The van der Waals surface area contributed by atoms with Gasteiger partial charge in [0, 0.05) is 44.1 Å². The zero-order chi connectivity index (χ0) is 37.5. The molecule has 0 saturated carbocycles. The molecule has 3 heterocycles. The van der Waals surface area contributed by atoms with Crippen molar-refractivity contribution >= 4 is 33.9 Å². The third-order valence-corrected chi connectivity index (χ3v) is 11.3. The molecule has 0 radical (unpaired) electrons. The van der Waals surface area contributed by atoms with E-state index in [0.717, 1.165) is 46.5 Å². The van der Waals surface area contributed by atoms with Crippen LogP contribution in [0.3, 0.4) is 0 Å². The van der Waals surface area contributed by atoms with Crippen molar-refractivity contribution in [1.29, 1.82) is 0 Å². The fraction of sp³-hybridized carbons (Fsp3) is 0.419. The number of Topliss-reactive ketones (excluding diaryl/α,β-unsaturated/α-hetero) is 1. The number of nitrogens with zero attached hydrogens (tertiary/aromatic N) is 3. The van der Waals surface area contributed by atoms with Crippen molar-refractivity contribution in [3.05, 3.63) is 105 Å². The van der Waals surface area contributed by atoms with Gasteiger partial charge in [-0.15, -0.1) is 11.3 Å². The lowest BCUT2D eigenvalue weighted by atomic mass is 9.77. The number of carbonyl (C=O) groups excluding carboxylic acids is 2. The standard InChI is InChI=1S/C43H50N4O5S/c1-28-39(53-27-44-28)31-18-13-30(14-19-31)17-22-38(49)37-25-33(48)26-47(37)42(51)35(43(2,3)4)11-8-24-52-23-7-9-29-15-20-32(21-16-29)40-45-36-12-6-5-10-34(36)41(50)46-40/h5-6,10,12-16,18-21,27,33,35,37,48H,7-9,11,17,22-26H2,1-4H3,(H,45,46,50)/t33-,35-,37+/m1/s1. The van der Waals surface area contributed by atoms with E-state index in [9.17, 15) is 19.5 Å². The maximum Gasteiger partial charge on any atom is 0.259 e. The Bertz CT molecular complexity index is 2070. The Morgan fingerprint density at radius 1 is 0.962 bits per heavy atom. The van der Waals surface area contributed by atoms with Gasteiger partial charge in [-0.3, -0.25) is 14.4 Å². The molecule has 0 unspecified atom stereocenters. The van der Waals surface area contributed by atoms with Crippen LogP contribution in [0.25, 0.3) is 32.7 Å². The monoisotopic (exact) mass is 734 g/mol. The van der Waals surface area contributed by atoms with Crippen molar-refractivity contribution in [3.63, 3.8) is 0 Å². The summed E-state index contributed by atoms with van der Waals surface area (Å²) in [6.45, 7) is 9.55. The van der Waals surface area contributed by atoms with Crippen LogP contribution >= 0.6 is 11.3 Å². The highest BCUT2D eigenvalue weighted by Gasteiger charge is 2.43. The Kier molecular flexibility index (Phi) is 12.3. The molecule has 0 aliphatic carbocycles. The van der Waals surface area contributed by atoms with Gasteiger partial charge < -0.3 is 19.7 Å². The average molecular weight is 735 g/mol. The van der Waals surface area contributed by atoms with Gasteiger partial charge >= 0.3 is 0 Å². The van der Waals surface area contributed by atoms with Crippen LogP contribution in [0.15, 0.2) is 83.1 Å². The van der Waals surface area contributed by atoms with Gasteiger partial charge in [-0.2, -0.15) is 0 Å². The molecule has 6 rings (SSSR count). The molecule has 0 spiro atoms. The number of aryl methyl sites for hydroxylation is 3. The molecule has 278 valence electrons. The van der Waals surface area contributed by atoms with Gasteiger partial charge in [-0.25, -0.2) is 9.97 Å². The number of fused-ring (bicyclic) bond motifs is 1. The third-order valence-electron chi connectivity index (χ3n) is 10.3. The number of carbonyl (C=O) groups is 2. The average Bonchev–Trinajstić information content (AvgIpc) is 3.76. The molecule has 0 bridgehead atoms. The van der Waals surface area contributed by atoms with Crippen molar-refractivity contribution in [2.24, 2.45) is 11.3 Å². The van der Waals surface area contributed by atoms with Crippen LogP contribution in [0.2, 0.25) is 0 Å². The maximum atomic E-state index is 14.0. The number of hydrogen-bond donors (Lipinski definition) is 2. The number of aromatic nitrogens is 3. The normalized spacial score (nSPS) is 16.7. The summed E-state index contributed by atoms with van der Waals surface area (Å²) in [5.74, 6) is 0.213. The number of benzene rings is 3. The first-order chi connectivity index (χ1) is 25.5. The molecule has 5 aromatic rings. The zero-order valence-corrected chi connectivity index (χ0v) is 32.0. The van der Waals surface area contributed by atoms with E-state index in [-0.39, 0.29) is 41.5 Å². The summed E-state index contributed by atoms with van der Waals surface area (Å²) in [4.78, 5) is 54.6. The number of aliphatic hydroxyl groups excluding tert-OH is 1. The number of amides is 1. The first-order valence-electron chi connectivity index (χ1n) is 18.6. The van der Waals surface area contributed by atoms with Crippen LogP contribution in [0.5, 0.6) is 0 Å². The van der Waals surface area contributed by atoms with Gasteiger partial charge in [0.2, 0.25) is 5.91 Å². The Morgan fingerprint density at radius 3 is 2.34 bits per heavy atom. The fourth-order valence-corrected chi connectivity index (χ4v) is 8.06. The summed E-state index contributed by atoms with van der Waals surface area (Å²) in [5.41, 5.74) is 7.30. The SMILES string of the molecule is Cc1ncsc1-c1ccc(CCC(=O)[C@@H]2C[C@@H](O)CN2C(=O)[C@@H](CCCOCCCc2ccc(-c3nc4ccccc4c(=O)[nH]3)cc2)C(C)(C)C)cc1. The Hall–Kier alpha value is -4.51. The third kappa shape index (κ3) is 9.54. The van der Waals surface area contributed by atoms with E-state index in [1.54, 1.807) is 22.3 Å². The molecule has 1 saturated heterocycles. The molecule has 1 aliphatic rings. The molecule has 2 aromatic heterocycles. The molecule has 53 heavy (non-hydrogen) atoms. The number of aromatic amines is 1. The van der Waals surface area contributed by atoms with Gasteiger partial charge in [0.15, 0.2) is 5.78 Å². The summed E-state index contributed by atoms with van der Waals surface area (Å²) in [7, 11) is 0. The van der Waals surface area contributed by atoms with Crippen LogP contribution in [0, 0.1) is 18.3 Å². The van der Waals surface area contributed by atoms with Crippen LogP contribution < -0.4 is 5.56 Å². The number of ether oxygens (including phenoxy) is 1. The number of likely N-dealkylation sites (tertiary alicyclic amines) is 1. The summed E-state index contributed by atoms with van der Waals surface area (Å²) in [6.07, 6.45) is 3.59. The Balaban J connectivity index is 0.948. The smallest absolute Gasteiger partial charge is 0.259 e. The highest BCUT2D eigenvalue weighted by Crippen LogP contribution is 2.35. The van der Waals surface area contributed by atoms with Crippen molar-refractivity contribution in [1.82, 2.24) is 19.9 Å². The summed E-state index contributed by atoms with van der Waals surface area (Å²) in [6, 6.07) is 23.0. The van der Waals surface area contributed by atoms with E-state index in [1.807, 2.05) is 42.8 Å². The molecule has 9 nitrogen and oxygen atoms in total. The topological polar surface area (TPSA) is 125 Å². The van der Waals surface area contributed by atoms with Crippen molar-refractivity contribution < 1.29 is 19.4 Å². The molecule has 1 amide bonds. The largest absolute Gasteiger partial charge is 0.391 e. The number of aliphatic hydroxyl groups is 1. The minimum Gasteiger partial charge on any atom is -0.391 e. The first-order valence-corrected chi connectivity index (χ1v) is 19.5. The quantitative estimate of drug-likeness (QED) is 0.106. The Morgan fingerprint density at radius 2 is 1.64 bits per heavy atom. The maximum absolute atomic E-state index is 14.0. The first kappa shape index (κ1) is 38.2. The predicted octanol–water partition coefficient (Wildman–Crippen LogP) is 7.58. The van der Waals surface area contributed by atoms with Gasteiger partial charge in [-0.1, -0.05) is 81.4 Å². The molecule has 1 aliphatic heterocycles. The van der Waals surface area contributed by atoms with Crippen LogP contribution in [0.4, 0.5) is 0 Å². The van der Waals surface area contributed by atoms with Crippen LogP contribution in [-0.4, -0.2) is 68.6 Å². The Labute approximate surface area is 315 Å².